The van der Waals surface area contributed by atoms with Crippen LogP contribution in [0.25, 0.3) is 11.0 Å². The van der Waals surface area contributed by atoms with Gasteiger partial charge in [-0.25, -0.2) is 9.97 Å². The molecule has 39 heavy (non-hydrogen) atoms. The molecule has 4 aromatic rings. The van der Waals surface area contributed by atoms with Crippen LogP contribution in [0.2, 0.25) is 5.02 Å². The maximum absolute atomic E-state index is 11.5. The molecule has 0 saturated carbocycles. The Hall–Kier alpha value is -3.46. The van der Waals surface area contributed by atoms with Crippen LogP contribution in [-0.4, -0.2) is 64.6 Å². The van der Waals surface area contributed by atoms with Crippen LogP contribution < -0.4 is 10.2 Å². The van der Waals surface area contributed by atoms with Gasteiger partial charge in [-0.1, -0.05) is 35.9 Å². The largest absolute Gasteiger partial charge is 0.373 e. The molecule has 1 aliphatic rings. The second-order valence-corrected chi connectivity index (χ2v) is 10.4. The van der Waals surface area contributed by atoms with E-state index in [1.165, 1.54) is 12.5 Å². The lowest BCUT2D eigenvalue weighted by Gasteiger charge is -2.32. The fraction of sp³-hybridized carbons (Fsp3) is 0.367. The summed E-state index contributed by atoms with van der Waals surface area (Å²) in [5, 5.41) is 4.62. The van der Waals surface area contributed by atoms with Crippen LogP contribution in [0.15, 0.2) is 67.1 Å². The number of fused-ring (bicyclic) bond motifs is 1. The topological polar surface area (TPSA) is 86.4 Å². The molecule has 1 amide bonds. The van der Waals surface area contributed by atoms with Crippen molar-refractivity contribution in [1.82, 2.24) is 25.2 Å². The van der Waals surface area contributed by atoms with Gasteiger partial charge in [0.1, 0.15) is 17.8 Å². The minimum atomic E-state index is -0.0531. The van der Waals surface area contributed by atoms with E-state index in [-0.39, 0.29) is 12.0 Å². The Kier molecular flexibility index (Phi) is 9.08. The summed E-state index contributed by atoms with van der Waals surface area (Å²) >= 11 is 6.00. The van der Waals surface area contributed by atoms with Crippen molar-refractivity contribution in [3.63, 3.8) is 0 Å². The van der Waals surface area contributed by atoms with Crippen LogP contribution in [0, 0.1) is 0 Å². The fourth-order valence-electron chi connectivity index (χ4n) is 5.04. The van der Waals surface area contributed by atoms with Gasteiger partial charge in [0.15, 0.2) is 0 Å². The number of nitrogens with zero attached hydrogens (tertiary/aromatic N) is 4. The van der Waals surface area contributed by atoms with E-state index >= 15 is 0 Å². The second-order valence-electron chi connectivity index (χ2n) is 9.97. The van der Waals surface area contributed by atoms with Gasteiger partial charge in [-0.3, -0.25) is 4.79 Å². The van der Waals surface area contributed by atoms with E-state index in [4.69, 9.17) is 16.3 Å². The molecule has 5 rings (SSSR count). The predicted octanol–water partition coefficient (Wildman–Crippen LogP) is 5.11. The molecule has 0 spiro atoms. The number of hydrogen-bond acceptors (Lipinski definition) is 6. The van der Waals surface area contributed by atoms with Crippen LogP contribution in [0.4, 0.5) is 11.5 Å². The normalized spacial score (nSPS) is 14.5. The first-order valence-electron chi connectivity index (χ1n) is 13.5. The zero-order valence-corrected chi connectivity index (χ0v) is 23.0. The van der Waals surface area contributed by atoms with Crippen molar-refractivity contribution < 1.29 is 9.53 Å². The molecule has 1 fully saturated rings. The minimum absolute atomic E-state index is 0.0531. The first kappa shape index (κ1) is 27.1. The van der Waals surface area contributed by atoms with Gasteiger partial charge in [0.2, 0.25) is 5.91 Å². The van der Waals surface area contributed by atoms with Gasteiger partial charge in [-0.05, 0) is 60.7 Å². The van der Waals surface area contributed by atoms with Crippen molar-refractivity contribution in [2.45, 2.75) is 38.9 Å². The number of H-pyrrole nitrogens is 1. The van der Waals surface area contributed by atoms with Crippen molar-refractivity contribution >= 4 is 40.0 Å². The van der Waals surface area contributed by atoms with Gasteiger partial charge in [-0.15, -0.1) is 0 Å². The summed E-state index contributed by atoms with van der Waals surface area (Å²) in [5.41, 5.74) is 4.22. The monoisotopic (exact) mass is 546 g/mol. The van der Waals surface area contributed by atoms with E-state index in [0.717, 1.165) is 72.0 Å². The highest BCUT2D eigenvalue weighted by atomic mass is 35.5. The van der Waals surface area contributed by atoms with Crippen LogP contribution in [0.5, 0.6) is 0 Å². The summed E-state index contributed by atoms with van der Waals surface area (Å²) < 4.78 is 6.36. The number of likely N-dealkylation sites (tertiary alicyclic amines) is 1. The van der Waals surface area contributed by atoms with Gasteiger partial charge in [0.25, 0.3) is 0 Å². The number of hydrogen-bond donors (Lipinski definition) is 2. The average Bonchev–Trinajstić information content (AvgIpc) is 3.44. The maximum Gasteiger partial charge on any atom is 0.216 e. The fourth-order valence-corrected chi connectivity index (χ4v) is 5.17. The first-order chi connectivity index (χ1) is 19.0. The van der Waals surface area contributed by atoms with Crippen LogP contribution >= 0.6 is 11.6 Å². The maximum atomic E-state index is 11.5. The highest BCUT2D eigenvalue weighted by molar-refractivity contribution is 6.30. The Labute approximate surface area is 234 Å². The Bertz CT molecular complexity index is 1370. The number of aromatic amines is 1. The van der Waals surface area contributed by atoms with Crippen LogP contribution in [0.3, 0.4) is 0 Å². The summed E-state index contributed by atoms with van der Waals surface area (Å²) in [4.78, 5) is 28.2. The quantitative estimate of drug-likeness (QED) is 0.272. The van der Waals surface area contributed by atoms with Gasteiger partial charge in [0.05, 0.1) is 18.1 Å². The summed E-state index contributed by atoms with van der Waals surface area (Å²) in [7, 11) is 0. The number of piperidine rings is 1. The highest BCUT2D eigenvalue weighted by Gasteiger charge is 2.20. The zero-order valence-electron chi connectivity index (χ0n) is 22.3. The number of carbonyl (C=O) groups is 1. The molecule has 0 radical (unpaired) electrons. The van der Waals surface area contributed by atoms with Crippen LogP contribution in [0.1, 0.15) is 30.9 Å². The van der Waals surface area contributed by atoms with E-state index in [0.29, 0.717) is 19.7 Å². The number of anilines is 2. The van der Waals surface area contributed by atoms with Gasteiger partial charge < -0.3 is 24.8 Å². The molecule has 0 unspecified atom stereocenters. The highest BCUT2D eigenvalue weighted by Crippen LogP contribution is 2.30. The number of rotatable bonds is 11. The molecule has 2 aromatic heterocycles. The first-order valence-corrected chi connectivity index (χ1v) is 13.9. The third-order valence-corrected chi connectivity index (χ3v) is 7.42. The number of amides is 1. The average molecular weight is 547 g/mol. The number of nitrogens with one attached hydrogen (secondary N) is 2. The predicted molar refractivity (Wildman–Crippen MR) is 155 cm³/mol. The Morgan fingerprint density at radius 2 is 1.95 bits per heavy atom. The summed E-state index contributed by atoms with van der Waals surface area (Å²) in [5.74, 6) is 0.748. The number of carbonyl (C=O) groups excluding carboxylic acids is 1. The minimum Gasteiger partial charge on any atom is -0.373 e. The lowest BCUT2D eigenvalue weighted by molar-refractivity contribution is -0.118. The number of aromatic nitrogens is 3. The molecule has 0 aliphatic carbocycles. The summed E-state index contributed by atoms with van der Waals surface area (Å²) in [6.07, 6.45) is 6.80. The third kappa shape index (κ3) is 7.35. The van der Waals surface area contributed by atoms with Crippen molar-refractivity contribution in [2.75, 3.05) is 37.6 Å². The van der Waals surface area contributed by atoms with E-state index in [9.17, 15) is 4.79 Å². The van der Waals surface area contributed by atoms with E-state index in [2.05, 4.69) is 60.4 Å². The number of halogens is 1. The second kappa shape index (κ2) is 13.1. The third-order valence-electron chi connectivity index (χ3n) is 7.17. The summed E-state index contributed by atoms with van der Waals surface area (Å²) in [6.45, 7) is 6.33. The summed E-state index contributed by atoms with van der Waals surface area (Å²) in [6, 6.07) is 18.5. The lowest BCUT2D eigenvalue weighted by atomic mass is 10.1. The van der Waals surface area contributed by atoms with Crippen molar-refractivity contribution in [2.24, 2.45) is 0 Å². The molecule has 1 aliphatic heterocycles. The van der Waals surface area contributed by atoms with Crippen molar-refractivity contribution in [1.29, 1.82) is 0 Å². The molecular weight excluding hydrogens is 512 g/mol. The van der Waals surface area contributed by atoms with E-state index < -0.39 is 0 Å². The number of ether oxygens (including phenoxy) is 1. The number of benzene rings is 2. The molecule has 2 N–H and O–H groups in total. The molecule has 0 atom stereocenters. The van der Waals surface area contributed by atoms with E-state index in [1.807, 2.05) is 30.5 Å². The molecule has 0 bridgehead atoms. The Morgan fingerprint density at radius 1 is 1.13 bits per heavy atom. The SMILES string of the molecule is CC(=O)NCCN(c1cccc(COC2CCN(CCc3ccc(Cl)cc3)CC2)c1)c1ncnc2[nH]ccc12. The molecule has 3 heterocycles. The molecule has 9 heteroatoms. The Morgan fingerprint density at radius 3 is 2.74 bits per heavy atom. The molecule has 204 valence electrons. The van der Waals surface area contributed by atoms with Gasteiger partial charge in [0, 0.05) is 56.6 Å². The molecule has 8 nitrogen and oxygen atoms in total. The molecule has 2 aromatic carbocycles. The smallest absolute Gasteiger partial charge is 0.216 e. The lowest BCUT2D eigenvalue weighted by Crippen LogP contribution is -2.38. The van der Waals surface area contributed by atoms with Gasteiger partial charge in [-0.2, -0.15) is 0 Å². The molecular formula is C30H35ClN6O2. The zero-order chi connectivity index (χ0) is 27.0. The standard InChI is InChI=1S/C30H35ClN6O2/c1-22(38)32-14-18-37(30-28-9-13-33-29(28)34-21-35-30)26-4-2-3-24(19-26)20-39-27-11-16-36(17-12-27)15-10-23-5-7-25(31)8-6-23/h2-9,13,19,21,27H,10-12,14-18,20H2,1H3,(H,32,38)(H,33,34,35). The molecule has 1 saturated heterocycles. The Balaban J connectivity index is 1.18. The van der Waals surface area contributed by atoms with Gasteiger partial charge >= 0.3 is 0 Å². The van der Waals surface area contributed by atoms with Crippen LogP contribution in [-0.2, 0) is 22.6 Å². The van der Waals surface area contributed by atoms with E-state index in [1.54, 1.807) is 6.33 Å². The van der Waals surface area contributed by atoms with Crippen molar-refractivity contribution in [3.8, 4) is 0 Å². The van der Waals surface area contributed by atoms with Crippen molar-refractivity contribution in [3.05, 3.63) is 83.3 Å².